The molecule has 2 aromatic rings. The number of aliphatic carboxylic acids is 1. The molecular weight excluding hydrogens is 444 g/mol. The number of nitrogens with zero attached hydrogens (tertiary/aromatic N) is 1. The molecule has 184 valence electrons. The number of hydrogen-bond donors (Lipinski definition) is 2. The van der Waals surface area contributed by atoms with E-state index < -0.39 is 17.5 Å². The van der Waals surface area contributed by atoms with Crippen LogP contribution >= 0.6 is 0 Å². The van der Waals surface area contributed by atoms with Gasteiger partial charge in [0.05, 0.1) is 11.3 Å². The molecule has 2 aliphatic carbocycles. The lowest BCUT2D eigenvalue weighted by Crippen LogP contribution is -2.52. The van der Waals surface area contributed by atoms with Crippen LogP contribution in [0.25, 0.3) is 11.1 Å². The molecular formula is C28H32N2O5. The van der Waals surface area contributed by atoms with Crippen molar-refractivity contribution in [3.8, 4) is 11.1 Å². The van der Waals surface area contributed by atoms with E-state index >= 15 is 0 Å². The van der Waals surface area contributed by atoms with Crippen molar-refractivity contribution >= 4 is 18.0 Å². The van der Waals surface area contributed by atoms with Crippen molar-refractivity contribution in [2.24, 2.45) is 11.3 Å². The molecule has 1 aliphatic heterocycles. The van der Waals surface area contributed by atoms with Crippen LogP contribution in [0.1, 0.15) is 56.1 Å². The van der Waals surface area contributed by atoms with Crippen molar-refractivity contribution < 1.29 is 24.2 Å². The van der Waals surface area contributed by atoms with Crippen LogP contribution in [0, 0.1) is 11.3 Å². The molecule has 2 aromatic carbocycles. The molecule has 2 fully saturated rings. The maximum absolute atomic E-state index is 13.3. The van der Waals surface area contributed by atoms with Gasteiger partial charge in [-0.05, 0) is 54.9 Å². The second-order valence-corrected chi connectivity index (χ2v) is 10.3. The largest absolute Gasteiger partial charge is 0.481 e. The van der Waals surface area contributed by atoms with Crippen LogP contribution in [-0.4, -0.2) is 53.7 Å². The number of rotatable bonds is 5. The van der Waals surface area contributed by atoms with E-state index in [1.165, 1.54) is 11.1 Å². The fourth-order valence-corrected chi connectivity index (χ4v) is 6.06. The minimum Gasteiger partial charge on any atom is -0.481 e. The summed E-state index contributed by atoms with van der Waals surface area (Å²) in [6, 6.07) is 16.1. The number of alkyl carbamates (subject to hydrolysis) is 1. The van der Waals surface area contributed by atoms with Crippen LogP contribution < -0.4 is 5.32 Å². The molecule has 2 amide bonds. The molecule has 1 heterocycles. The molecule has 1 saturated heterocycles. The second kappa shape index (κ2) is 9.36. The summed E-state index contributed by atoms with van der Waals surface area (Å²) in [5.41, 5.74) is 3.74. The predicted molar refractivity (Wildman–Crippen MR) is 131 cm³/mol. The van der Waals surface area contributed by atoms with E-state index in [-0.39, 0.29) is 36.9 Å². The molecule has 1 unspecified atom stereocenters. The Balaban J connectivity index is 1.21. The number of carboxylic acids is 1. The smallest absolute Gasteiger partial charge is 0.407 e. The van der Waals surface area contributed by atoms with Crippen molar-refractivity contribution in [3.63, 3.8) is 0 Å². The Hall–Kier alpha value is -3.35. The molecule has 7 heteroatoms. The van der Waals surface area contributed by atoms with E-state index in [4.69, 9.17) is 4.74 Å². The maximum Gasteiger partial charge on any atom is 0.407 e. The number of carbonyl (C=O) groups excluding carboxylic acids is 2. The first-order valence-electron chi connectivity index (χ1n) is 12.5. The average Bonchev–Trinajstić information content (AvgIpc) is 3.44. The number of likely N-dealkylation sites (tertiary alicyclic amines) is 1. The van der Waals surface area contributed by atoms with Crippen LogP contribution in [0.4, 0.5) is 4.79 Å². The van der Waals surface area contributed by atoms with E-state index in [9.17, 15) is 19.5 Å². The first kappa shape index (κ1) is 23.4. The summed E-state index contributed by atoms with van der Waals surface area (Å²) < 4.78 is 5.69. The lowest BCUT2D eigenvalue weighted by Gasteiger charge is -2.39. The number of benzene rings is 2. The van der Waals surface area contributed by atoms with Crippen molar-refractivity contribution in [2.75, 3.05) is 19.7 Å². The summed E-state index contributed by atoms with van der Waals surface area (Å²) in [6.07, 6.45) is 2.97. The number of carboxylic acid groups (broad SMARTS) is 1. The van der Waals surface area contributed by atoms with E-state index in [2.05, 4.69) is 29.6 Å². The quantitative estimate of drug-likeness (QED) is 0.667. The zero-order chi connectivity index (χ0) is 24.6. The average molecular weight is 477 g/mol. The molecule has 7 nitrogen and oxygen atoms in total. The molecule has 0 radical (unpaired) electrons. The van der Waals surface area contributed by atoms with Crippen molar-refractivity contribution in [2.45, 2.75) is 51.0 Å². The highest BCUT2D eigenvalue weighted by Crippen LogP contribution is 2.44. The van der Waals surface area contributed by atoms with E-state index in [1.807, 2.05) is 24.3 Å². The van der Waals surface area contributed by atoms with Crippen LogP contribution in [0.15, 0.2) is 48.5 Å². The molecule has 0 bridgehead atoms. The number of hydrogen-bond acceptors (Lipinski definition) is 4. The van der Waals surface area contributed by atoms with E-state index in [1.54, 1.807) is 11.8 Å². The minimum absolute atomic E-state index is 0.0174. The Bertz CT molecular complexity index is 1100. The van der Waals surface area contributed by atoms with Crippen molar-refractivity contribution in [1.82, 2.24) is 10.2 Å². The minimum atomic E-state index is -0.914. The highest BCUT2D eigenvalue weighted by molar-refractivity contribution is 5.83. The van der Waals surface area contributed by atoms with Gasteiger partial charge in [-0.25, -0.2) is 4.79 Å². The summed E-state index contributed by atoms with van der Waals surface area (Å²) >= 11 is 0. The second-order valence-electron chi connectivity index (χ2n) is 10.3. The third kappa shape index (κ3) is 4.40. The normalized spacial score (nSPS) is 25.6. The third-order valence-corrected chi connectivity index (χ3v) is 8.00. The van der Waals surface area contributed by atoms with Crippen LogP contribution in [0.3, 0.4) is 0 Å². The number of fused-ring (bicyclic) bond motifs is 3. The molecule has 3 aliphatic rings. The Morgan fingerprint density at radius 2 is 1.69 bits per heavy atom. The summed E-state index contributed by atoms with van der Waals surface area (Å²) in [6.45, 7) is 2.72. The van der Waals surface area contributed by atoms with Gasteiger partial charge in [-0.15, -0.1) is 0 Å². The lowest BCUT2D eigenvalue weighted by atomic mass is 9.81. The van der Waals surface area contributed by atoms with Gasteiger partial charge in [0.15, 0.2) is 0 Å². The Labute approximate surface area is 205 Å². The first-order chi connectivity index (χ1) is 16.9. The molecule has 2 N–H and O–H groups in total. The highest BCUT2D eigenvalue weighted by atomic mass is 16.5. The molecule has 0 spiro atoms. The van der Waals surface area contributed by atoms with Crippen LogP contribution in [-0.2, 0) is 14.3 Å². The molecule has 0 aromatic heterocycles. The number of carbonyl (C=O) groups is 3. The maximum atomic E-state index is 13.3. The summed E-state index contributed by atoms with van der Waals surface area (Å²) in [5, 5.41) is 12.5. The van der Waals surface area contributed by atoms with Crippen LogP contribution in [0.5, 0.6) is 0 Å². The number of nitrogens with one attached hydrogen (secondary N) is 1. The van der Waals surface area contributed by atoms with Gasteiger partial charge in [0, 0.05) is 25.0 Å². The molecule has 3 atom stereocenters. The zero-order valence-corrected chi connectivity index (χ0v) is 20.0. The summed E-state index contributed by atoms with van der Waals surface area (Å²) in [4.78, 5) is 39.4. The summed E-state index contributed by atoms with van der Waals surface area (Å²) in [7, 11) is 0. The third-order valence-electron chi connectivity index (χ3n) is 8.00. The van der Waals surface area contributed by atoms with Gasteiger partial charge < -0.3 is 20.1 Å². The van der Waals surface area contributed by atoms with Gasteiger partial charge in [-0.3, -0.25) is 9.59 Å². The molecule has 35 heavy (non-hydrogen) atoms. The van der Waals surface area contributed by atoms with Crippen molar-refractivity contribution in [3.05, 3.63) is 59.7 Å². The van der Waals surface area contributed by atoms with Gasteiger partial charge in [0.1, 0.15) is 6.61 Å². The number of amides is 2. The standard InChI is InChI=1S/C28H32N2O5/c1-28(26(32)33)14-7-15-30(17-28)25(31)22-12-6-13-24(22)29-27(34)35-16-23-20-10-4-2-8-18(20)19-9-3-5-11-21(19)23/h2-5,8-11,22-24H,6-7,12-17H2,1H3,(H,29,34)(H,32,33)/t22-,24+,28?/m0/s1. The number of ether oxygens (including phenoxy) is 1. The van der Waals surface area contributed by atoms with Gasteiger partial charge >= 0.3 is 12.1 Å². The van der Waals surface area contributed by atoms with Gasteiger partial charge in [-0.2, -0.15) is 0 Å². The topological polar surface area (TPSA) is 95.9 Å². The van der Waals surface area contributed by atoms with E-state index in [0.717, 1.165) is 17.5 Å². The predicted octanol–water partition coefficient (Wildman–Crippen LogP) is 4.41. The monoisotopic (exact) mass is 476 g/mol. The SMILES string of the molecule is CC1(C(=O)O)CCCN(C(=O)[C@H]2CCC[C@H]2NC(=O)OCC2c3ccccc3-c3ccccc32)C1. The Morgan fingerprint density at radius 3 is 2.34 bits per heavy atom. The zero-order valence-electron chi connectivity index (χ0n) is 20.0. The van der Waals surface area contributed by atoms with Crippen molar-refractivity contribution in [1.29, 1.82) is 0 Å². The Morgan fingerprint density at radius 1 is 1.03 bits per heavy atom. The van der Waals surface area contributed by atoms with Gasteiger partial charge in [0.2, 0.25) is 5.91 Å². The number of piperidine rings is 1. The highest BCUT2D eigenvalue weighted by Gasteiger charge is 2.43. The fourth-order valence-electron chi connectivity index (χ4n) is 6.06. The first-order valence-corrected chi connectivity index (χ1v) is 12.5. The fraction of sp³-hybridized carbons (Fsp3) is 0.464. The lowest BCUT2D eigenvalue weighted by molar-refractivity contribution is -0.154. The molecule has 1 saturated carbocycles. The van der Waals surface area contributed by atoms with E-state index in [0.29, 0.717) is 32.2 Å². The summed E-state index contributed by atoms with van der Waals surface area (Å²) in [5.74, 6) is -1.28. The molecule has 5 rings (SSSR count). The van der Waals surface area contributed by atoms with Crippen LogP contribution in [0.2, 0.25) is 0 Å². The van der Waals surface area contributed by atoms with Gasteiger partial charge in [0.25, 0.3) is 0 Å². The Kier molecular flexibility index (Phi) is 6.26. The van der Waals surface area contributed by atoms with Gasteiger partial charge in [-0.1, -0.05) is 55.0 Å².